The molecule has 0 aliphatic rings. The molecule has 0 aliphatic carbocycles. The highest BCUT2D eigenvalue weighted by Crippen LogP contribution is 2.23. The Balaban J connectivity index is 1.62. The number of nitrogens with zero attached hydrogens (tertiary/aromatic N) is 1. The number of carboxylic acids is 1. The molecule has 0 radical (unpaired) electrons. The zero-order valence-electron chi connectivity index (χ0n) is 16.0. The quantitative estimate of drug-likeness (QED) is 0.500. The highest BCUT2D eigenvalue weighted by atomic mass is 19.1. The lowest BCUT2D eigenvalue weighted by atomic mass is 10.1. The third-order valence-corrected chi connectivity index (χ3v) is 4.93. The minimum absolute atomic E-state index is 0.108. The van der Waals surface area contributed by atoms with Gasteiger partial charge in [-0.15, -0.1) is 0 Å². The van der Waals surface area contributed by atoms with E-state index in [9.17, 15) is 19.1 Å². The van der Waals surface area contributed by atoms with Crippen LogP contribution in [0.4, 0.5) is 4.39 Å². The van der Waals surface area contributed by atoms with Gasteiger partial charge in [-0.1, -0.05) is 42.5 Å². The number of amides is 1. The fourth-order valence-electron chi connectivity index (χ4n) is 3.41. The lowest BCUT2D eigenvalue weighted by Gasteiger charge is -2.09. The molecule has 1 heterocycles. The molecule has 1 aromatic heterocycles. The van der Waals surface area contributed by atoms with E-state index in [1.807, 2.05) is 30.3 Å². The van der Waals surface area contributed by atoms with E-state index in [0.29, 0.717) is 23.0 Å². The monoisotopic (exact) mass is 402 g/mol. The number of aromatic nitrogens is 1. The van der Waals surface area contributed by atoms with Gasteiger partial charge < -0.3 is 15.0 Å². The van der Waals surface area contributed by atoms with E-state index in [1.165, 1.54) is 12.1 Å². The lowest BCUT2D eigenvalue weighted by molar-refractivity contribution is 0.0686. The molecule has 0 fully saturated rings. The Morgan fingerprint density at radius 2 is 1.63 bits per heavy atom. The van der Waals surface area contributed by atoms with Gasteiger partial charge in [-0.3, -0.25) is 4.79 Å². The van der Waals surface area contributed by atoms with Gasteiger partial charge in [0.25, 0.3) is 5.91 Å². The maximum atomic E-state index is 13.2. The van der Waals surface area contributed by atoms with Gasteiger partial charge in [0.1, 0.15) is 11.5 Å². The van der Waals surface area contributed by atoms with Gasteiger partial charge in [-0.25, -0.2) is 9.18 Å². The summed E-state index contributed by atoms with van der Waals surface area (Å²) in [5.41, 5.74) is 3.02. The number of fused-ring (bicyclic) bond motifs is 1. The fourth-order valence-corrected chi connectivity index (χ4v) is 3.41. The van der Waals surface area contributed by atoms with Crippen LogP contribution in [0, 0.1) is 5.82 Å². The van der Waals surface area contributed by atoms with Gasteiger partial charge >= 0.3 is 5.97 Å². The van der Waals surface area contributed by atoms with E-state index in [2.05, 4.69) is 5.32 Å². The highest BCUT2D eigenvalue weighted by molar-refractivity contribution is 6.00. The molecular formula is C24H19FN2O3. The summed E-state index contributed by atoms with van der Waals surface area (Å²) >= 11 is 0. The van der Waals surface area contributed by atoms with Crippen LogP contribution >= 0.6 is 0 Å². The van der Waals surface area contributed by atoms with Crippen LogP contribution in [-0.4, -0.2) is 21.6 Å². The maximum absolute atomic E-state index is 13.2. The number of hydrogen-bond donors (Lipinski definition) is 2. The predicted molar refractivity (Wildman–Crippen MR) is 112 cm³/mol. The summed E-state index contributed by atoms with van der Waals surface area (Å²) in [6, 6.07) is 22.2. The summed E-state index contributed by atoms with van der Waals surface area (Å²) in [5, 5.41) is 13.1. The van der Waals surface area contributed by atoms with Crippen LogP contribution < -0.4 is 5.32 Å². The Bertz CT molecular complexity index is 1210. The molecule has 5 nitrogen and oxygen atoms in total. The van der Waals surface area contributed by atoms with Crippen LogP contribution in [0.25, 0.3) is 10.9 Å². The van der Waals surface area contributed by atoms with Crippen molar-refractivity contribution >= 4 is 22.8 Å². The Morgan fingerprint density at radius 1 is 0.900 bits per heavy atom. The SMILES string of the molecule is O=C(NCc1ccccc1)c1ccc2c(c1)cc(C(=O)O)n2Cc1ccc(F)cc1. The standard InChI is InChI=1S/C24H19FN2O3/c25-20-9-6-17(7-10-20)15-27-21-11-8-18(12-19(21)13-22(27)24(29)30)23(28)26-14-16-4-2-1-3-5-16/h1-13H,14-15H2,(H,26,28)(H,29,30). The molecule has 2 N–H and O–H groups in total. The van der Waals surface area contributed by atoms with Crippen molar-refractivity contribution in [3.63, 3.8) is 0 Å². The van der Waals surface area contributed by atoms with Crippen molar-refractivity contribution in [1.29, 1.82) is 0 Å². The van der Waals surface area contributed by atoms with Crippen molar-refractivity contribution in [2.45, 2.75) is 13.1 Å². The van der Waals surface area contributed by atoms with Crippen molar-refractivity contribution in [2.75, 3.05) is 0 Å². The fraction of sp³-hybridized carbons (Fsp3) is 0.0833. The minimum atomic E-state index is -1.07. The van der Waals surface area contributed by atoms with Crippen molar-refractivity contribution in [2.24, 2.45) is 0 Å². The molecule has 4 aromatic rings. The summed E-state index contributed by atoms with van der Waals surface area (Å²) in [6.07, 6.45) is 0. The maximum Gasteiger partial charge on any atom is 0.352 e. The number of rotatable bonds is 6. The molecule has 0 unspecified atom stereocenters. The molecule has 4 rings (SSSR count). The molecule has 0 bridgehead atoms. The average molecular weight is 402 g/mol. The summed E-state index contributed by atoms with van der Waals surface area (Å²) in [4.78, 5) is 24.3. The van der Waals surface area contributed by atoms with Gasteiger partial charge in [-0.2, -0.15) is 0 Å². The number of carboxylic acid groups (broad SMARTS) is 1. The molecule has 30 heavy (non-hydrogen) atoms. The van der Waals surface area contributed by atoms with E-state index < -0.39 is 5.97 Å². The van der Waals surface area contributed by atoms with Gasteiger partial charge in [-0.05, 0) is 47.5 Å². The molecule has 150 valence electrons. The first-order valence-corrected chi connectivity index (χ1v) is 9.44. The first-order valence-electron chi connectivity index (χ1n) is 9.44. The number of nitrogens with one attached hydrogen (secondary N) is 1. The van der Waals surface area contributed by atoms with Crippen LogP contribution in [0.1, 0.15) is 32.0 Å². The largest absolute Gasteiger partial charge is 0.477 e. The van der Waals surface area contributed by atoms with E-state index >= 15 is 0 Å². The summed E-state index contributed by atoms with van der Waals surface area (Å²) in [6.45, 7) is 0.689. The van der Waals surface area contributed by atoms with Gasteiger partial charge in [0.05, 0.1) is 0 Å². The number of carbonyl (C=O) groups is 2. The minimum Gasteiger partial charge on any atom is -0.477 e. The van der Waals surface area contributed by atoms with Crippen LogP contribution in [0.15, 0.2) is 78.9 Å². The van der Waals surface area contributed by atoms with Gasteiger partial charge in [0.2, 0.25) is 0 Å². The number of benzene rings is 3. The molecular weight excluding hydrogens is 383 g/mol. The smallest absolute Gasteiger partial charge is 0.352 e. The van der Waals surface area contributed by atoms with E-state index in [0.717, 1.165) is 11.1 Å². The van der Waals surface area contributed by atoms with Crippen LogP contribution in [0.5, 0.6) is 0 Å². The predicted octanol–water partition coefficient (Wildman–Crippen LogP) is 4.46. The van der Waals surface area contributed by atoms with Crippen LogP contribution in [0.2, 0.25) is 0 Å². The first kappa shape index (κ1) is 19.4. The van der Waals surface area contributed by atoms with Gasteiger partial charge in [0, 0.05) is 29.6 Å². The van der Waals surface area contributed by atoms with E-state index in [1.54, 1.807) is 41.0 Å². The third kappa shape index (κ3) is 4.07. The Labute approximate surface area is 172 Å². The Kier molecular flexibility index (Phi) is 5.30. The number of aromatic carboxylic acids is 1. The van der Waals surface area contributed by atoms with E-state index in [-0.39, 0.29) is 24.0 Å². The Morgan fingerprint density at radius 3 is 2.33 bits per heavy atom. The molecule has 0 saturated carbocycles. The molecule has 6 heteroatoms. The first-order chi connectivity index (χ1) is 14.5. The molecule has 0 saturated heterocycles. The van der Waals surface area contributed by atoms with Crippen LogP contribution in [0.3, 0.4) is 0 Å². The lowest BCUT2D eigenvalue weighted by Crippen LogP contribution is -2.22. The number of carbonyl (C=O) groups excluding carboxylic acids is 1. The average Bonchev–Trinajstić information content (AvgIpc) is 3.12. The number of hydrogen-bond acceptors (Lipinski definition) is 2. The number of halogens is 1. The van der Waals surface area contributed by atoms with Crippen molar-refractivity contribution < 1.29 is 19.1 Å². The zero-order valence-corrected chi connectivity index (χ0v) is 16.0. The Hall–Kier alpha value is -3.93. The van der Waals surface area contributed by atoms with Gasteiger partial charge in [0.15, 0.2) is 0 Å². The molecule has 3 aromatic carbocycles. The molecule has 0 atom stereocenters. The van der Waals surface area contributed by atoms with Crippen molar-refractivity contribution in [1.82, 2.24) is 9.88 Å². The summed E-state index contributed by atoms with van der Waals surface area (Å²) in [7, 11) is 0. The third-order valence-electron chi connectivity index (χ3n) is 4.93. The summed E-state index contributed by atoms with van der Waals surface area (Å²) in [5.74, 6) is -1.65. The zero-order chi connectivity index (χ0) is 21.1. The second-order valence-electron chi connectivity index (χ2n) is 6.99. The second kappa shape index (κ2) is 8.21. The molecule has 0 aliphatic heterocycles. The molecule has 0 spiro atoms. The van der Waals surface area contributed by atoms with Crippen molar-refractivity contribution in [3.05, 3.63) is 107 Å². The summed E-state index contributed by atoms with van der Waals surface area (Å²) < 4.78 is 14.8. The van der Waals surface area contributed by atoms with Crippen molar-refractivity contribution in [3.8, 4) is 0 Å². The van der Waals surface area contributed by atoms with Crippen LogP contribution in [-0.2, 0) is 13.1 Å². The highest BCUT2D eigenvalue weighted by Gasteiger charge is 2.16. The normalized spacial score (nSPS) is 10.8. The van der Waals surface area contributed by atoms with E-state index in [4.69, 9.17) is 0 Å². The second-order valence-corrected chi connectivity index (χ2v) is 6.99. The topological polar surface area (TPSA) is 71.3 Å². The molecule has 1 amide bonds.